The van der Waals surface area contributed by atoms with Gasteiger partial charge in [-0.3, -0.25) is 0 Å². The Morgan fingerprint density at radius 3 is 2.71 bits per heavy atom. The fourth-order valence-corrected chi connectivity index (χ4v) is 4.74. The smallest absolute Gasteiger partial charge is 0.242 e. The average Bonchev–Trinajstić information content (AvgIpc) is 2.84. The number of halogens is 1. The summed E-state index contributed by atoms with van der Waals surface area (Å²) in [5.74, 6) is 0. The summed E-state index contributed by atoms with van der Waals surface area (Å²) < 4.78 is 27.7. The van der Waals surface area contributed by atoms with Gasteiger partial charge in [-0.25, -0.2) is 18.1 Å². The van der Waals surface area contributed by atoms with E-state index in [1.807, 2.05) is 0 Å². The molecule has 0 unspecified atom stereocenters. The molecule has 6 nitrogen and oxygen atoms in total. The van der Waals surface area contributed by atoms with Crippen LogP contribution in [0.1, 0.15) is 38.5 Å². The van der Waals surface area contributed by atoms with Crippen molar-refractivity contribution >= 4 is 32.7 Å². The molecule has 0 saturated heterocycles. The third-order valence-corrected chi connectivity index (χ3v) is 6.28. The molecule has 0 spiro atoms. The SMILES string of the molecule is O=S(=O)(NCCNC1CCCCCC1)c1c[nH]c2nccc(Cl)c12. The molecule has 1 saturated carbocycles. The van der Waals surface area contributed by atoms with Crippen molar-refractivity contribution in [2.45, 2.75) is 49.5 Å². The molecule has 132 valence electrons. The minimum absolute atomic E-state index is 0.144. The van der Waals surface area contributed by atoms with Crippen LogP contribution in [0.15, 0.2) is 23.4 Å². The van der Waals surface area contributed by atoms with Crippen LogP contribution < -0.4 is 10.0 Å². The quantitative estimate of drug-likeness (QED) is 0.539. The number of nitrogens with one attached hydrogen (secondary N) is 3. The number of pyridine rings is 1. The predicted octanol–water partition coefficient (Wildman–Crippen LogP) is 2.81. The van der Waals surface area contributed by atoms with Gasteiger partial charge in [0.2, 0.25) is 10.0 Å². The van der Waals surface area contributed by atoms with E-state index in [2.05, 4.69) is 20.0 Å². The minimum Gasteiger partial charge on any atom is -0.345 e. The fraction of sp³-hybridized carbons (Fsp3) is 0.562. The number of rotatable bonds is 6. The first-order valence-electron chi connectivity index (χ1n) is 8.42. The highest BCUT2D eigenvalue weighted by atomic mass is 35.5. The zero-order valence-corrected chi connectivity index (χ0v) is 15.1. The number of hydrogen-bond acceptors (Lipinski definition) is 4. The van der Waals surface area contributed by atoms with E-state index in [1.54, 1.807) is 12.3 Å². The Morgan fingerprint density at radius 2 is 1.96 bits per heavy atom. The Hall–Kier alpha value is -1.15. The molecule has 3 N–H and O–H groups in total. The van der Waals surface area contributed by atoms with E-state index in [0.717, 1.165) is 0 Å². The summed E-state index contributed by atoms with van der Waals surface area (Å²) in [5.41, 5.74) is 0.472. The first-order chi connectivity index (χ1) is 11.6. The van der Waals surface area contributed by atoms with Gasteiger partial charge >= 0.3 is 0 Å². The van der Waals surface area contributed by atoms with Gasteiger partial charge in [-0.1, -0.05) is 37.3 Å². The van der Waals surface area contributed by atoms with Gasteiger partial charge in [0.05, 0.1) is 10.4 Å². The molecule has 24 heavy (non-hydrogen) atoms. The van der Waals surface area contributed by atoms with E-state index in [9.17, 15) is 8.42 Å². The topological polar surface area (TPSA) is 86.9 Å². The minimum atomic E-state index is -3.62. The maximum absolute atomic E-state index is 12.5. The Kier molecular flexibility index (Phi) is 5.76. The van der Waals surface area contributed by atoms with E-state index in [4.69, 9.17) is 11.6 Å². The van der Waals surface area contributed by atoms with Crippen LogP contribution in [-0.2, 0) is 10.0 Å². The van der Waals surface area contributed by atoms with E-state index < -0.39 is 10.0 Å². The Morgan fingerprint density at radius 1 is 1.21 bits per heavy atom. The van der Waals surface area contributed by atoms with E-state index >= 15 is 0 Å². The van der Waals surface area contributed by atoms with Gasteiger partial charge in [0.15, 0.2) is 0 Å². The van der Waals surface area contributed by atoms with Crippen molar-refractivity contribution in [2.24, 2.45) is 0 Å². The number of nitrogens with zero attached hydrogens (tertiary/aromatic N) is 1. The van der Waals surface area contributed by atoms with Crippen LogP contribution >= 0.6 is 11.6 Å². The van der Waals surface area contributed by atoms with E-state index in [0.29, 0.717) is 35.2 Å². The molecule has 0 aliphatic heterocycles. The molecule has 0 atom stereocenters. The fourth-order valence-electron chi connectivity index (χ4n) is 3.22. The van der Waals surface area contributed by atoms with Gasteiger partial charge in [0, 0.05) is 31.5 Å². The molecule has 1 aliphatic rings. The first kappa shape index (κ1) is 17.7. The summed E-state index contributed by atoms with van der Waals surface area (Å²) >= 11 is 6.12. The lowest BCUT2D eigenvalue weighted by atomic mass is 10.1. The van der Waals surface area contributed by atoms with Crippen molar-refractivity contribution in [1.29, 1.82) is 0 Å². The lowest BCUT2D eigenvalue weighted by Gasteiger charge is -2.16. The van der Waals surface area contributed by atoms with E-state index in [-0.39, 0.29) is 4.90 Å². The number of fused-ring (bicyclic) bond motifs is 1. The molecular formula is C16H23ClN4O2S. The number of sulfonamides is 1. The molecule has 0 aromatic carbocycles. The molecule has 1 aliphatic carbocycles. The van der Waals surface area contributed by atoms with Gasteiger partial charge in [-0.15, -0.1) is 0 Å². The third-order valence-electron chi connectivity index (χ3n) is 4.48. The van der Waals surface area contributed by atoms with Crippen LogP contribution in [0, 0.1) is 0 Å². The highest BCUT2D eigenvalue weighted by molar-refractivity contribution is 7.89. The summed E-state index contributed by atoms with van der Waals surface area (Å²) in [7, 11) is -3.62. The second-order valence-electron chi connectivity index (χ2n) is 6.21. The van der Waals surface area contributed by atoms with Crippen LogP contribution in [0.3, 0.4) is 0 Å². The third kappa shape index (κ3) is 4.08. The molecule has 2 heterocycles. The first-order valence-corrected chi connectivity index (χ1v) is 10.3. The molecule has 2 aromatic rings. The number of H-pyrrole nitrogens is 1. The number of aromatic nitrogens is 2. The molecular weight excluding hydrogens is 348 g/mol. The van der Waals surface area contributed by atoms with Crippen LogP contribution in [-0.4, -0.2) is 37.5 Å². The van der Waals surface area contributed by atoms with Crippen LogP contribution in [0.5, 0.6) is 0 Å². The summed E-state index contributed by atoms with van der Waals surface area (Å²) in [4.78, 5) is 7.10. The van der Waals surface area contributed by atoms with Gasteiger partial charge in [0.25, 0.3) is 0 Å². The summed E-state index contributed by atoms with van der Waals surface area (Å²) in [6.07, 6.45) is 10.5. The number of aromatic amines is 1. The van der Waals surface area contributed by atoms with Crippen LogP contribution in [0.4, 0.5) is 0 Å². The summed E-state index contributed by atoms with van der Waals surface area (Å²) in [6, 6.07) is 2.09. The second-order valence-corrected chi connectivity index (χ2v) is 8.35. The van der Waals surface area contributed by atoms with Crippen molar-refractivity contribution in [3.63, 3.8) is 0 Å². The van der Waals surface area contributed by atoms with Gasteiger partial charge < -0.3 is 10.3 Å². The lowest BCUT2D eigenvalue weighted by molar-refractivity contribution is 0.461. The summed E-state index contributed by atoms with van der Waals surface area (Å²) in [6.45, 7) is 0.974. The van der Waals surface area contributed by atoms with Gasteiger partial charge in [0.1, 0.15) is 10.5 Å². The van der Waals surface area contributed by atoms with Crippen LogP contribution in [0.2, 0.25) is 5.02 Å². The van der Waals surface area contributed by atoms with Crippen molar-refractivity contribution < 1.29 is 8.42 Å². The van der Waals surface area contributed by atoms with E-state index in [1.165, 1.54) is 44.7 Å². The Bertz CT molecular complexity index is 782. The molecule has 1 fully saturated rings. The van der Waals surface area contributed by atoms with Crippen molar-refractivity contribution in [1.82, 2.24) is 20.0 Å². The molecule has 3 rings (SSSR count). The predicted molar refractivity (Wildman–Crippen MR) is 95.8 cm³/mol. The van der Waals surface area contributed by atoms with Crippen molar-refractivity contribution in [2.75, 3.05) is 13.1 Å². The van der Waals surface area contributed by atoms with Crippen molar-refractivity contribution in [3.05, 3.63) is 23.5 Å². The zero-order chi connectivity index (χ0) is 17.0. The average molecular weight is 371 g/mol. The maximum Gasteiger partial charge on any atom is 0.242 e. The molecule has 2 aromatic heterocycles. The van der Waals surface area contributed by atoms with Gasteiger partial charge in [-0.05, 0) is 18.9 Å². The molecule has 8 heteroatoms. The molecule has 0 bridgehead atoms. The molecule has 0 radical (unpaired) electrons. The van der Waals surface area contributed by atoms with Gasteiger partial charge in [-0.2, -0.15) is 0 Å². The van der Waals surface area contributed by atoms with Crippen molar-refractivity contribution in [3.8, 4) is 0 Å². The highest BCUT2D eigenvalue weighted by Gasteiger charge is 2.21. The highest BCUT2D eigenvalue weighted by Crippen LogP contribution is 2.27. The molecule has 0 amide bonds. The zero-order valence-electron chi connectivity index (χ0n) is 13.5. The normalized spacial score (nSPS) is 17.2. The number of hydrogen-bond donors (Lipinski definition) is 3. The monoisotopic (exact) mass is 370 g/mol. The second kappa shape index (κ2) is 7.82. The van der Waals surface area contributed by atoms with Crippen LogP contribution in [0.25, 0.3) is 11.0 Å². The lowest BCUT2D eigenvalue weighted by Crippen LogP contribution is -2.36. The standard InChI is InChI=1S/C16H23ClN4O2S/c17-13-7-8-19-16-15(13)14(11-20-16)24(22,23)21-10-9-18-12-5-3-1-2-4-6-12/h7-8,11-12,18,21H,1-6,9-10H2,(H,19,20). The summed E-state index contributed by atoms with van der Waals surface area (Å²) in [5, 5.41) is 4.26. The Labute approximate surface area is 147 Å². The largest absolute Gasteiger partial charge is 0.345 e. The maximum atomic E-state index is 12.5. The Balaban J connectivity index is 1.59.